The number of piperazine rings is 1. The Labute approximate surface area is 194 Å². The molecule has 1 aliphatic rings. The summed E-state index contributed by atoms with van der Waals surface area (Å²) in [6.45, 7) is 9.17. The van der Waals surface area contributed by atoms with E-state index in [1.165, 1.54) is 22.9 Å². The van der Waals surface area contributed by atoms with Crippen molar-refractivity contribution < 1.29 is 4.79 Å². The second-order valence-electron chi connectivity index (χ2n) is 8.15. The van der Waals surface area contributed by atoms with E-state index in [9.17, 15) is 4.79 Å². The Morgan fingerprint density at radius 2 is 1.56 bits per heavy atom. The van der Waals surface area contributed by atoms with Gasteiger partial charge in [0, 0.05) is 45.7 Å². The van der Waals surface area contributed by atoms with E-state index in [-0.39, 0.29) is 11.2 Å². The molecule has 0 bridgehead atoms. The zero-order valence-corrected chi connectivity index (χ0v) is 19.7. The second kappa shape index (κ2) is 10.8. The van der Waals surface area contributed by atoms with Crippen molar-refractivity contribution in [3.8, 4) is 0 Å². The maximum absolute atomic E-state index is 13.1. The summed E-state index contributed by atoms with van der Waals surface area (Å²) in [5, 5.41) is 9.46. The highest BCUT2D eigenvalue weighted by atomic mass is 32.2. The summed E-state index contributed by atoms with van der Waals surface area (Å²) in [4.78, 5) is 17.5. The van der Waals surface area contributed by atoms with E-state index in [1.54, 1.807) is 0 Å². The molecule has 1 saturated heterocycles. The fourth-order valence-corrected chi connectivity index (χ4v) is 5.08. The fourth-order valence-electron chi connectivity index (χ4n) is 4.07. The van der Waals surface area contributed by atoms with E-state index in [0.717, 1.165) is 56.7 Å². The zero-order valence-electron chi connectivity index (χ0n) is 18.9. The molecule has 1 atom stereocenters. The quantitative estimate of drug-likeness (QED) is 0.491. The molecule has 1 amide bonds. The molecule has 0 aliphatic carbocycles. The maximum Gasteiger partial charge on any atom is 0.235 e. The average Bonchev–Trinajstić information content (AvgIpc) is 3.21. The number of benzene rings is 2. The van der Waals surface area contributed by atoms with Crippen LogP contribution in [0.2, 0.25) is 0 Å². The van der Waals surface area contributed by atoms with Crippen LogP contribution < -0.4 is 0 Å². The van der Waals surface area contributed by atoms with Gasteiger partial charge in [-0.3, -0.25) is 9.69 Å². The standard InChI is InChI=1S/C25H31N5OS/c1-3-30-23(18-21-10-6-4-7-11-21)26-27-25(30)32-20(2)24(31)29-16-14-28(15-17-29)19-22-12-8-5-9-13-22/h4-13,20H,3,14-19H2,1-2H3/t20-/m1/s1. The molecule has 1 aliphatic heterocycles. The molecule has 168 valence electrons. The van der Waals surface area contributed by atoms with Gasteiger partial charge in [0.2, 0.25) is 5.91 Å². The Bertz CT molecular complexity index is 1000. The summed E-state index contributed by atoms with van der Waals surface area (Å²) in [5.41, 5.74) is 2.53. The summed E-state index contributed by atoms with van der Waals surface area (Å²) in [6, 6.07) is 20.8. The number of hydrogen-bond donors (Lipinski definition) is 0. The first-order valence-corrected chi connectivity index (χ1v) is 12.2. The molecule has 0 saturated carbocycles. The van der Waals surface area contributed by atoms with Crippen molar-refractivity contribution in [3.05, 3.63) is 77.6 Å². The lowest BCUT2D eigenvalue weighted by molar-refractivity contribution is -0.132. The lowest BCUT2D eigenvalue weighted by atomic mass is 10.1. The minimum absolute atomic E-state index is 0.185. The Balaban J connectivity index is 1.32. The minimum Gasteiger partial charge on any atom is -0.339 e. The molecule has 4 rings (SSSR count). The van der Waals surface area contributed by atoms with Gasteiger partial charge in [0.15, 0.2) is 5.16 Å². The fraction of sp³-hybridized carbons (Fsp3) is 0.400. The Morgan fingerprint density at radius 3 is 2.19 bits per heavy atom. The van der Waals surface area contributed by atoms with Gasteiger partial charge < -0.3 is 9.47 Å². The van der Waals surface area contributed by atoms with Gasteiger partial charge in [0.25, 0.3) is 0 Å². The van der Waals surface area contributed by atoms with Crippen LogP contribution in [-0.4, -0.2) is 61.9 Å². The first kappa shape index (κ1) is 22.6. The molecule has 2 aromatic carbocycles. The predicted octanol–water partition coefficient (Wildman–Crippen LogP) is 3.71. The number of carbonyl (C=O) groups is 1. The van der Waals surface area contributed by atoms with Gasteiger partial charge in [0.05, 0.1) is 5.25 Å². The van der Waals surface area contributed by atoms with E-state index in [4.69, 9.17) is 0 Å². The molecular weight excluding hydrogens is 418 g/mol. The second-order valence-corrected chi connectivity index (χ2v) is 9.46. The third-order valence-electron chi connectivity index (χ3n) is 5.88. The summed E-state index contributed by atoms with van der Waals surface area (Å²) >= 11 is 1.52. The Kier molecular flexibility index (Phi) is 7.60. The summed E-state index contributed by atoms with van der Waals surface area (Å²) in [6.07, 6.45) is 0.744. The van der Waals surface area contributed by atoms with Crippen molar-refractivity contribution in [2.24, 2.45) is 0 Å². The summed E-state index contributed by atoms with van der Waals surface area (Å²) in [5.74, 6) is 1.12. The number of carbonyl (C=O) groups excluding carboxylic acids is 1. The van der Waals surface area contributed by atoms with Crippen LogP contribution in [0.15, 0.2) is 65.8 Å². The molecule has 1 aromatic heterocycles. The molecule has 0 radical (unpaired) electrons. The van der Waals surface area contributed by atoms with Gasteiger partial charge in [-0.2, -0.15) is 0 Å². The monoisotopic (exact) mass is 449 g/mol. The SMILES string of the molecule is CCn1c(Cc2ccccc2)nnc1S[C@H](C)C(=O)N1CCN(Cc2ccccc2)CC1. The van der Waals surface area contributed by atoms with Crippen LogP contribution in [0.25, 0.3) is 0 Å². The molecule has 0 unspecified atom stereocenters. The summed E-state index contributed by atoms with van der Waals surface area (Å²) in [7, 11) is 0. The number of thioether (sulfide) groups is 1. The molecule has 0 spiro atoms. The van der Waals surface area contributed by atoms with Crippen molar-refractivity contribution in [2.45, 2.75) is 43.8 Å². The van der Waals surface area contributed by atoms with E-state index in [2.05, 4.69) is 63.0 Å². The molecule has 7 heteroatoms. The number of hydrogen-bond acceptors (Lipinski definition) is 5. The van der Waals surface area contributed by atoms with Crippen LogP contribution >= 0.6 is 11.8 Å². The number of amides is 1. The van der Waals surface area contributed by atoms with Gasteiger partial charge in [0.1, 0.15) is 5.82 Å². The predicted molar refractivity (Wildman–Crippen MR) is 129 cm³/mol. The van der Waals surface area contributed by atoms with Crippen LogP contribution in [0.5, 0.6) is 0 Å². The Morgan fingerprint density at radius 1 is 0.938 bits per heavy atom. The molecule has 2 heterocycles. The van der Waals surface area contributed by atoms with Gasteiger partial charge in [-0.05, 0) is 25.0 Å². The van der Waals surface area contributed by atoms with Crippen molar-refractivity contribution in [1.82, 2.24) is 24.6 Å². The van der Waals surface area contributed by atoms with Gasteiger partial charge in [-0.25, -0.2) is 0 Å². The van der Waals surface area contributed by atoms with Crippen molar-refractivity contribution in [2.75, 3.05) is 26.2 Å². The zero-order chi connectivity index (χ0) is 22.3. The molecule has 32 heavy (non-hydrogen) atoms. The number of rotatable bonds is 8. The van der Waals surface area contributed by atoms with Gasteiger partial charge in [-0.15, -0.1) is 10.2 Å². The number of nitrogens with zero attached hydrogens (tertiary/aromatic N) is 5. The van der Waals surface area contributed by atoms with Crippen molar-refractivity contribution >= 4 is 17.7 Å². The van der Waals surface area contributed by atoms with E-state index in [1.807, 2.05) is 36.1 Å². The first-order chi connectivity index (χ1) is 15.6. The van der Waals surface area contributed by atoms with E-state index in [0.29, 0.717) is 0 Å². The van der Waals surface area contributed by atoms with Gasteiger partial charge in [-0.1, -0.05) is 72.4 Å². The highest BCUT2D eigenvalue weighted by molar-refractivity contribution is 8.00. The highest BCUT2D eigenvalue weighted by Gasteiger charge is 2.27. The smallest absolute Gasteiger partial charge is 0.235 e. The van der Waals surface area contributed by atoms with E-state index >= 15 is 0 Å². The van der Waals surface area contributed by atoms with E-state index < -0.39 is 0 Å². The highest BCUT2D eigenvalue weighted by Crippen LogP contribution is 2.25. The third kappa shape index (κ3) is 5.58. The topological polar surface area (TPSA) is 54.3 Å². The molecule has 3 aromatic rings. The number of aromatic nitrogens is 3. The molecule has 1 fully saturated rings. The van der Waals surface area contributed by atoms with Crippen LogP contribution in [0.3, 0.4) is 0 Å². The first-order valence-electron chi connectivity index (χ1n) is 11.3. The van der Waals surface area contributed by atoms with Crippen molar-refractivity contribution in [3.63, 3.8) is 0 Å². The van der Waals surface area contributed by atoms with Crippen LogP contribution in [0.4, 0.5) is 0 Å². The summed E-state index contributed by atoms with van der Waals surface area (Å²) < 4.78 is 2.12. The molecular formula is C25H31N5OS. The average molecular weight is 450 g/mol. The normalized spacial score (nSPS) is 15.6. The lowest BCUT2D eigenvalue weighted by Gasteiger charge is -2.35. The van der Waals surface area contributed by atoms with Crippen LogP contribution in [0.1, 0.15) is 30.8 Å². The van der Waals surface area contributed by atoms with Gasteiger partial charge >= 0.3 is 0 Å². The Hall–Kier alpha value is -2.64. The molecule has 6 nitrogen and oxygen atoms in total. The van der Waals surface area contributed by atoms with Crippen LogP contribution in [-0.2, 0) is 24.3 Å². The maximum atomic E-state index is 13.1. The minimum atomic E-state index is -0.185. The molecule has 0 N–H and O–H groups in total. The van der Waals surface area contributed by atoms with Crippen molar-refractivity contribution in [1.29, 1.82) is 0 Å². The lowest BCUT2D eigenvalue weighted by Crippen LogP contribution is -2.50. The third-order valence-corrected chi connectivity index (χ3v) is 6.95. The van der Waals surface area contributed by atoms with Crippen LogP contribution in [0, 0.1) is 0 Å². The largest absolute Gasteiger partial charge is 0.339 e.